The van der Waals surface area contributed by atoms with E-state index < -0.39 is 5.91 Å². The largest absolute Gasteiger partial charge is 0.496 e. The molecule has 1 aromatic heterocycles. The van der Waals surface area contributed by atoms with Crippen molar-refractivity contribution >= 4 is 50.7 Å². The van der Waals surface area contributed by atoms with Crippen molar-refractivity contribution in [3.63, 3.8) is 0 Å². The first-order valence-corrected chi connectivity index (χ1v) is 8.29. The van der Waals surface area contributed by atoms with Crippen LogP contribution in [-0.4, -0.2) is 18.9 Å². The Kier molecular flexibility index (Phi) is 5.07. The molecule has 0 radical (unpaired) electrons. The molecule has 0 saturated carbocycles. The van der Waals surface area contributed by atoms with Crippen molar-refractivity contribution in [1.29, 1.82) is 0 Å². The van der Waals surface area contributed by atoms with Gasteiger partial charge in [0.1, 0.15) is 10.8 Å². The minimum absolute atomic E-state index is 0.288. The van der Waals surface area contributed by atoms with Crippen molar-refractivity contribution in [2.45, 2.75) is 13.8 Å². The molecule has 0 saturated heterocycles. The van der Waals surface area contributed by atoms with Gasteiger partial charge in [-0.15, -0.1) is 11.3 Å². The van der Waals surface area contributed by atoms with Gasteiger partial charge in [-0.25, -0.2) is 0 Å². The van der Waals surface area contributed by atoms with Crippen molar-refractivity contribution in [2.75, 3.05) is 12.4 Å². The van der Waals surface area contributed by atoms with Crippen LogP contribution in [0.1, 0.15) is 31.2 Å². The van der Waals surface area contributed by atoms with Crippen molar-refractivity contribution in [2.24, 2.45) is 5.73 Å². The molecule has 0 spiro atoms. The number of ether oxygens (including phenoxy) is 1. The summed E-state index contributed by atoms with van der Waals surface area (Å²) in [6.45, 7) is 3.70. The van der Waals surface area contributed by atoms with Crippen LogP contribution in [0.2, 0.25) is 0 Å². The third kappa shape index (κ3) is 3.25. The van der Waals surface area contributed by atoms with E-state index >= 15 is 0 Å². The fourth-order valence-electron chi connectivity index (χ4n) is 1.99. The van der Waals surface area contributed by atoms with Crippen LogP contribution in [0.3, 0.4) is 0 Å². The number of hydrogen-bond acceptors (Lipinski definition) is 4. The van der Waals surface area contributed by atoms with E-state index in [0.717, 1.165) is 14.0 Å². The number of methoxy groups -OCH3 is 1. The molecule has 5 nitrogen and oxygen atoms in total. The Hall–Kier alpha value is -1.61. The first-order valence-electron chi connectivity index (χ1n) is 6.39. The van der Waals surface area contributed by atoms with Gasteiger partial charge in [-0.1, -0.05) is 0 Å². The zero-order valence-electron chi connectivity index (χ0n) is 12.3. The fourth-order valence-corrected chi connectivity index (χ4v) is 3.79. The maximum Gasteiger partial charge on any atom is 0.256 e. The van der Waals surface area contributed by atoms with E-state index in [-0.39, 0.29) is 5.91 Å². The molecule has 2 amide bonds. The number of aryl methyl sites for hydroxylation is 1. The number of nitrogens with two attached hydrogens (primary N) is 1. The minimum atomic E-state index is -0.540. The second-order valence-electron chi connectivity index (χ2n) is 4.66. The Labute approximate surface area is 146 Å². The van der Waals surface area contributed by atoms with E-state index in [4.69, 9.17) is 10.5 Å². The number of benzene rings is 1. The van der Waals surface area contributed by atoms with Crippen LogP contribution in [0.4, 0.5) is 5.00 Å². The van der Waals surface area contributed by atoms with Crippen molar-refractivity contribution in [1.82, 2.24) is 0 Å². The molecule has 22 heavy (non-hydrogen) atoms. The topological polar surface area (TPSA) is 81.4 Å². The molecule has 1 heterocycles. The Balaban J connectivity index is 2.32. The molecule has 0 atom stereocenters. The van der Waals surface area contributed by atoms with Gasteiger partial charge in [0.15, 0.2) is 0 Å². The van der Waals surface area contributed by atoms with Crippen LogP contribution in [0.15, 0.2) is 18.2 Å². The average Bonchev–Trinajstić information content (AvgIpc) is 2.73. The highest BCUT2D eigenvalue weighted by Gasteiger charge is 2.19. The summed E-state index contributed by atoms with van der Waals surface area (Å²) in [7, 11) is 1.58. The van der Waals surface area contributed by atoms with Crippen LogP contribution in [0, 0.1) is 17.4 Å². The number of nitrogens with one attached hydrogen (secondary N) is 1. The Morgan fingerprint density at radius 2 is 2.00 bits per heavy atom. The Morgan fingerprint density at radius 3 is 2.55 bits per heavy atom. The summed E-state index contributed by atoms with van der Waals surface area (Å²) in [5, 5.41) is 3.25. The highest BCUT2D eigenvalue weighted by atomic mass is 127. The molecular formula is C15H15IN2O3S. The lowest BCUT2D eigenvalue weighted by Gasteiger charge is -2.07. The molecule has 0 bridgehead atoms. The van der Waals surface area contributed by atoms with E-state index in [1.807, 2.05) is 13.8 Å². The van der Waals surface area contributed by atoms with Crippen molar-refractivity contribution < 1.29 is 14.3 Å². The third-order valence-electron chi connectivity index (χ3n) is 3.27. The van der Waals surface area contributed by atoms with Crippen LogP contribution in [-0.2, 0) is 0 Å². The van der Waals surface area contributed by atoms with Gasteiger partial charge in [-0.3, -0.25) is 9.59 Å². The summed E-state index contributed by atoms with van der Waals surface area (Å²) >= 11 is 3.45. The van der Waals surface area contributed by atoms with Gasteiger partial charge in [0, 0.05) is 10.4 Å². The summed E-state index contributed by atoms with van der Waals surface area (Å²) in [4.78, 5) is 24.9. The maximum absolute atomic E-state index is 12.4. The summed E-state index contributed by atoms with van der Waals surface area (Å²) in [5.74, 6) is -0.122. The van der Waals surface area contributed by atoms with Crippen LogP contribution in [0.25, 0.3) is 0 Å². The lowest BCUT2D eigenvalue weighted by molar-refractivity contribution is 0.100. The number of thiophene rings is 1. The molecule has 0 aliphatic rings. The van der Waals surface area contributed by atoms with E-state index in [9.17, 15) is 9.59 Å². The molecule has 0 fully saturated rings. The third-order valence-corrected chi connectivity index (χ3v) is 5.24. The molecule has 116 valence electrons. The standard InChI is InChI=1S/C15H15IN2O3S/c1-7-8(2)22-15(12(7)13(17)19)18-14(20)9-4-5-11(21-3)10(16)6-9/h4-6H,1-3H3,(H2,17,19)(H,18,20). The van der Waals surface area contributed by atoms with Crippen LogP contribution in [0.5, 0.6) is 5.75 Å². The van der Waals surface area contributed by atoms with E-state index in [2.05, 4.69) is 27.9 Å². The van der Waals surface area contributed by atoms with Gasteiger partial charge in [0.05, 0.1) is 16.2 Å². The second-order valence-corrected chi connectivity index (χ2v) is 7.04. The first kappa shape index (κ1) is 16.8. The molecule has 3 N–H and O–H groups in total. The van der Waals surface area contributed by atoms with Crippen LogP contribution < -0.4 is 15.8 Å². The summed E-state index contributed by atoms with van der Waals surface area (Å²) < 4.78 is 6.00. The smallest absolute Gasteiger partial charge is 0.256 e. The van der Waals surface area contributed by atoms with Gasteiger partial charge in [0.2, 0.25) is 0 Å². The SMILES string of the molecule is COc1ccc(C(=O)Nc2sc(C)c(C)c2C(N)=O)cc1I. The fraction of sp³-hybridized carbons (Fsp3) is 0.200. The number of carbonyl (C=O) groups is 2. The Morgan fingerprint density at radius 1 is 1.32 bits per heavy atom. The predicted octanol–water partition coefficient (Wildman–Crippen LogP) is 3.33. The van der Waals surface area contributed by atoms with Gasteiger partial charge < -0.3 is 15.8 Å². The summed E-state index contributed by atoms with van der Waals surface area (Å²) in [6.07, 6.45) is 0. The number of rotatable bonds is 4. The number of amides is 2. The first-order chi connectivity index (χ1) is 10.3. The average molecular weight is 430 g/mol. The monoisotopic (exact) mass is 430 g/mol. The lowest BCUT2D eigenvalue weighted by atomic mass is 10.1. The number of carbonyl (C=O) groups excluding carboxylic acids is 2. The Bertz CT molecular complexity index is 755. The molecule has 7 heteroatoms. The van der Waals surface area contributed by atoms with Gasteiger partial charge in [-0.2, -0.15) is 0 Å². The predicted molar refractivity (Wildman–Crippen MR) is 96.0 cm³/mol. The van der Waals surface area contributed by atoms with Gasteiger partial charge >= 0.3 is 0 Å². The van der Waals surface area contributed by atoms with Crippen molar-refractivity contribution in [3.05, 3.63) is 43.3 Å². The molecule has 0 aliphatic heterocycles. The second kappa shape index (κ2) is 6.66. The zero-order valence-corrected chi connectivity index (χ0v) is 15.3. The van der Waals surface area contributed by atoms with E-state index in [1.54, 1.807) is 25.3 Å². The van der Waals surface area contributed by atoms with Crippen molar-refractivity contribution in [3.8, 4) is 5.75 Å². The molecule has 2 aromatic rings. The highest BCUT2D eigenvalue weighted by molar-refractivity contribution is 14.1. The number of primary amides is 1. The molecule has 0 unspecified atom stereocenters. The van der Waals surface area contributed by atoms with E-state index in [1.165, 1.54) is 11.3 Å². The van der Waals surface area contributed by atoms with Gasteiger partial charge in [0.25, 0.3) is 11.8 Å². The number of anilines is 1. The molecular weight excluding hydrogens is 415 g/mol. The molecule has 0 aliphatic carbocycles. The molecule has 2 rings (SSSR count). The van der Waals surface area contributed by atoms with Crippen LogP contribution >= 0.6 is 33.9 Å². The lowest BCUT2D eigenvalue weighted by Crippen LogP contribution is -2.17. The van der Waals surface area contributed by atoms with E-state index in [0.29, 0.717) is 21.9 Å². The molecule has 1 aromatic carbocycles. The summed E-state index contributed by atoms with van der Waals surface area (Å²) in [6, 6.07) is 5.14. The quantitative estimate of drug-likeness (QED) is 0.731. The van der Waals surface area contributed by atoms with Gasteiger partial charge in [-0.05, 0) is 60.2 Å². The summed E-state index contributed by atoms with van der Waals surface area (Å²) in [5.41, 5.74) is 7.07. The number of halogens is 1. The normalized spacial score (nSPS) is 10.4. The maximum atomic E-state index is 12.4. The highest BCUT2D eigenvalue weighted by Crippen LogP contribution is 2.32. The number of hydrogen-bond donors (Lipinski definition) is 2. The zero-order chi connectivity index (χ0) is 16.4. The minimum Gasteiger partial charge on any atom is -0.496 e.